The van der Waals surface area contributed by atoms with Crippen LogP contribution in [0.4, 0.5) is 10.8 Å². The zero-order chi connectivity index (χ0) is 24.7. The minimum Gasteiger partial charge on any atom is -0.311 e. The molecule has 0 spiro atoms. The third-order valence-corrected chi connectivity index (χ3v) is 7.87. The Morgan fingerprint density at radius 3 is 2.57 bits per heavy atom. The molecule has 1 saturated heterocycles. The van der Waals surface area contributed by atoms with Crippen LogP contribution in [0.2, 0.25) is 0 Å². The van der Waals surface area contributed by atoms with Crippen molar-refractivity contribution in [2.45, 2.75) is 40.7 Å². The van der Waals surface area contributed by atoms with Crippen LogP contribution in [0.25, 0.3) is 10.2 Å². The van der Waals surface area contributed by atoms with Gasteiger partial charge < -0.3 is 4.90 Å². The molecule has 2 amide bonds. The second-order valence-corrected chi connectivity index (χ2v) is 10.5. The number of fused-ring (bicyclic) bond motifs is 1. The van der Waals surface area contributed by atoms with Gasteiger partial charge in [-0.05, 0) is 67.6 Å². The molecule has 5 nitrogen and oxygen atoms in total. The van der Waals surface area contributed by atoms with E-state index >= 15 is 0 Å². The summed E-state index contributed by atoms with van der Waals surface area (Å²) in [6, 6.07) is 20.2. The Balaban J connectivity index is 1.49. The Kier molecular flexibility index (Phi) is 6.15. The zero-order valence-corrected chi connectivity index (χ0v) is 21.4. The van der Waals surface area contributed by atoms with Gasteiger partial charge in [0.25, 0.3) is 0 Å². The highest BCUT2D eigenvalue weighted by Crippen LogP contribution is 2.35. The Morgan fingerprint density at radius 2 is 1.80 bits per heavy atom. The maximum Gasteiger partial charge on any atom is 0.234 e. The lowest BCUT2D eigenvalue weighted by Crippen LogP contribution is -2.37. The van der Waals surface area contributed by atoms with Gasteiger partial charge in [0.2, 0.25) is 11.8 Å². The highest BCUT2D eigenvalue weighted by molar-refractivity contribution is 7.22. The van der Waals surface area contributed by atoms with Crippen molar-refractivity contribution >= 4 is 44.2 Å². The molecule has 5 rings (SSSR count). The predicted octanol–water partition coefficient (Wildman–Crippen LogP) is 6.12. The van der Waals surface area contributed by atoms with Crippen LogP contribution in [-0.2, 0) is 16.1 Å². The number of aryl methyl sites for hydroxylation is 3. The number of benzene rings is 3. The van der Waals surface area contributed by atoms with E-state index in [1.54, 1.807) is 9.80 Å². The van der Waals surface area contributed by atoms with Crippen molar-refractivity contribution in [1.29, 1.82) is 0 Å². The van der Waals surface area contributed by atoms with Crippen LogP contribution >= 0.6 is 11.3 Å². The summed E-state index contributed by atoms with van der Waals surface area (Å²) in [5, 5.41) is 0.681. The lowest BCUT2D eigenvalue weighted by molar-refractivity contribution is -0.124. The maximum atomic E-state index is 14.0. The fourth-order valence-electron chi connectivity index (χ4n) is 4.83. The lowest BCUT2D eigenvalue weighted by atomic mass is 10.1. The largest absolute Gasteiger partial charge is 0.311 e. The van der Waals surface area contributed by atoms with Gasteiger partial charge in [-0.15, -0.1) is 0 Å². The number of nitrogens with zero attached hydrogens (tertiary/aromatic N) is 3. The van der Waals surface area contributed by atoms with Crippen molar-refractivity contribution in [3.8, 4) is 0 Å². The summed E-state index contributed by atoms with van der Waals surface area (Å²) in [7, 11) is 0. The van der Waals surface area contributed by atoms with Gasteiger partial charge in [-0.3, -0.25) is 14.5 Å². The zero-order valence-electron chi connectivity index (χ0n) is 20.5. The van der Waals surface area contributed by atoms with Crippen LogP contribution in [-0.4, -0.2) is 23.3 Å². The van der Waals surface area contributed by atoms with Gasteiger partial charge >= 0.3 is 0 Å². The Labute approximate surface area is 210 Å². The van der Waals surface area contributed by atoms with E-state index in [2.05, 4.69) is 26.0 Å². The molecule has 4 aromatic rings. The molecule has 0 N–H and O–H groups in total. The van der Waals surface area contributed by atoms with Crippen molar-refractivity contribution in [3.05, 3.63) is 88.5 Å². The summed E-state index contributed by atoms with van der Waals surface area (Å²) in [4.78, 5) is 35.4. The summed E-state index contributed by atoms with van der Waals surface area (Å²) < 4.78 is 1.07. The first-order valence-electron chi connectivity index (χ1n) is 11.9. The topological polar surface area (TPSA) is 53.5 Å². The van der Waals surface area contributed by atoms with E-state index in [-0.39, 0.29) is 18.2 Å². The van der Waals surface area contributed by atoms with Crippen LogP contribution < -0.4 is 9.80 Å². The normalized spacial score (nSPS) is 15.7. The molecule has 0 saturated carbocycles. The minimum absolute atomic E-state index is 0.00696. The molecule has 3 aromatic carbocycles. The number of hydrogen-bond acceptors (Lipinski definition) is 4. The molecule has 1 atom stereocenters. The standard InChI is InChI=1S/C29H29N3O2S/c1-18-13-20(3)27-25(14-18)35-29(30-27)32(16-22-10-6-5-7-11-22)28(34)23-15-26(33)31(17-23)24-12-8-9-19(2)21(24)4/h5-14,23H,15-17H2,1-4H3/t23-/m1/s1. The summed E-state index contributed by atoms with van der Waals surface area (Å²) in [6.07, 6.45) is 0.209. The van der Waals surface area contributed by atoms with Gasteiger partial charge in [-0.1, -0.05) is 59.9 Å². The molecular formula is C29H29N3O2S. The number of anilines is 2. The smallest absolute Gasteiger partial charge is 0.234 e. The predicted molar refractivity (Wildman–Crippen MR) is 143 cm³/mol. The van der Waals surface area contributed by atoms with Crippen LogP contribution in [0.5, 0.6) is 0 Å². The lowest BCUT2D eigenvalue weighted by Gasteiger charge is -2.24. The minimum atomic E-state index is -0.416. The third kappa shape index (κ3) is 4.46. The number of carbonyl (C=O) groups is 2. The monoisotopic (exact) mass is 483 g/mol. The summed E-state index contributed by atoms with van der Waals surface area (Å²) in [5.41, 5.74) is 7.35. The molecule has 0 aliphatic carbocycles. The highest BCUT2D eigenvalue weighted by atomic mass is 32.1. The molecule has 1 aromatic heterocycles. The van der Waals surface area contributed by atoms with Gasteiger partial charge in [0.15, 0.2) is 5.13 Å². The van der Waals surface area contributed by atoms with E-state index < -0.39 is 5.92 Å². The van der Waals surface area contributed by atoms with Crippen molar-refractivity contribution in [2.75, 3.05) is 16.3 Å². The van der Waals surface area contributed by atoms with E-state index in [1.165, 1.54) is 16.9 Å². The van der Waals surface area contributed by atoms with E-state index in [0.717, 1.165) is 38.2 Å². The number of aromatic nitrogens is 1. The fourth-order valence-corrected chi connectivity index (χ4v) is 5.98. The molecule has 178 valence electrons. The maximum absolute atomic E-state index is 14.0. The summed E-state index contributed by atoms with van der Waals surface area (Å²) >= 11 is 1.54. The van der Waals surface area contributed by atoms with Gasteiger partial charge in [-0.25, -0.2) is 4.98 Å². The number of hydrogen-bond donors (Lipinski definition) is 0. The molecule has 35 heavy (non-hydrogen) atoms. The SMILES string of the molecule is Cc1cc(C)c2nc(N(Cc3ccccc3)C(=O)[C@@H]3CC(=O)N(c4cccc(C)c4C)C3)sc2c1. The first-order chi connectivity index (χ1) is 16.8. The number of rotatable bonds is 5. The quantitative estimate of drug-likeness (QED) is 0.344. The molecular weight excluding hydrogens is 454 g/mol. The van der Waals surface area contributed by atoms with E-state index in [1.807, 2.05) is 62.4 Å². The number of carbonyl (C=O) groups excluding carboxylic acids is 2. The molecule has 1 aliphatic rings. The van der Waals surface area contributed by atoms with Crippen molar-refractivity contribution in [3.63, 3.8) is 0 Å². The van der Waals surface area contributed by atoms with Crippen LogP contribution in [0.1, 0.15) is 34.2 Å². The van der Waals surface area contributed by atoms with Gasteiger partial charge in [-0.2, -0.15) is 0 Å². The van der Waals surface area contributed by atoms with Crippen molar-refractivity contribution in [2.24, 2.45) is 5.92 Å². The molecule has 0 radical (unpaired) electrons. The molecule has 1 fully saturated rings. The Hall–Kier alpha value is -3.51. The number of amides is 2. The molecule has 0 bridgehead atoms. The first-order valence-corrected chi connectivity index (χ1v) is 12.7. The Morgan fingerprint density at radius 1 is 1.03 bits per heavy atom. The average Bonchev–Trinajstić information content (AvgIpc) is 3.43. The summed E-state index contributed by atoms with van der Waals surface area (Å²) in [6.45, 7) is 9.01. The van der Waals surface area contributed by atoms with E-state index in [4.69, 9.17) is 4.98 Å². The van der Waals surface area contributed by atoms with Gasteiger partial charge in [0.05, 0.1) is 22.7 Å². The molecule has 2 heterocycles. The second kappa shape index (κ2) is 9.27. The molecule has 6 heteroatoms. The first kappa shape index (κ1) is 23.2. The van der Waals surface area contributed by atoms with Gasteiger partial charge in [0, 0.05) is 18.7 Å². The summed E-state index contributed by atoms with van der Waals surface area (Å²) in [5.74, 6) is -0.475. The van der Waals surface area contributed by atoms with E-state index in [0.29, 0.717) is 18.2 Å². The van der Waals surface area contributed by atoms with Gasteiger partial charge in [0.1, 0.15) is 0 Å². The molecule has 1 aliphatic heterocycles. The van der Waals surface area contributed by atoms with Crippen molar-refractivity contribution < 1.29 is 9.59 Å². The highest BCUT2D eigenvalue weighted by Gasteiger charge is 2.39. The molecule has 0 unspecified atom stereocenters. The Bertz CT molecular complexity index is 1430. The third-order valence-electron chi connectivity index (χ3n) is 6.84. The fraction of sp³-hybridized carbons (Fsp3) is 0.276. The number of thiazole rings is 1. The van der Waals surface area contributed by atoms with Crippen LogP contribution in [0, 0.1) is 33.6 Å². The van der Waals surface area contributed by atoms with E-state index in [9.17, 15) is 9.59 Å². The second-order valence-electron chi connectivity index (χ2n) is 9.46. The average molecular weight is 484 g/mol. The van der Waals surface area contributed by atoms with Crippen LogP contribution in [0.3, 0.4) is 0 Å². The van der Waals surface area contributed by atoms with Crippen LogP contribution in [0.15, 0.2) is 60.7 Å². The van der Waals surface area contributed by atoms with Crippen molar-refractivity contribution in [1.82, 2.24) is 4.98 Å².